The summed E-state index contributed by atoms with van der Waals surface area (Å²) in [5.41, 5.74) is 0.356. The molecule has 2 rings (SSSR count). The molecule has 0 saturated carbocycles. The first-order valence-electron chi connectivity index (χ1n) is 3.17. The summed E-state index contributed by atoms with van der Waals surface area (Å²) in [6.07, 6.45) is 2.96. The van der Waals surface area contributed by atoms with Crippen LogP contribution in [0.1, 0.15) is 0 Å². The van der Waals surface area contributed by atoms with Gasteiger partial charge in [0.1, 0.15) is 0 Å². The minimum atomic E-state index is 0.356. The smallest absolute Gasteiger partial charge is 0.360 e. The predicted molar refractivity (Wildman–Crippen MR) is 38.5 cm³/mol. The number of nitrogens with zero attached hydrogens (tertiary/aromatic N) is 3. The summed E-state index contributed by atoms with van der Waals surface area (Å²) in [5, 5.41) is 19.1. The van der Waals surface area contributed by atoms with Gasteiger partial charge >= 0.3 is 5.65 Å². The molecule has 0 amide bonds. The zero-order chi connectivity index (χ0) is 7.68. The number of hydrogen-bond acceptors (Lipinski definition) is 3. The molecule has 0 radical (unpaired) electrons. The molecule has 0 aliphatic carbocycles. The van der Waals surface area contributed by atoms with Gasteiger partial charge < -0.3 is 5.21 Å². The maximum atomic E-state index is 11.0. The van der Waals surface area contributed by atoms with Gasteiger partial charge in [-0.3, -0.25) is 0 Å². The highest BCUT2D eigenvalue weighted by molar-refractivity contribution is 5.69. The number of pyridine rings is 1. The molecule has 0 spiro atoms. The molecule has 4 heteroatoms. The van der Waals surface area contributed by atoms with Crippen molar-refractivity contribution in [1.82, 2.24) is 10.2 Å². The standard InChI is InChI=1S/C7H5N3O/c11-10-5-1-2-6-3-4-8-9-7(6)10/h1-5H. The van der Waals surface area contributed by atoms with Crippen molar-refractivity contribution >= 4 is 11.0 Å². The summed E-state index contributed by atoms with van der Waals surface area (Å²) >= 11 is 0. The Labute approximate surface area is 62.7 Å². The second kappa shape index (κ2) is 2.16. The zero-order valence-electron chi connectivity index (χ0n) is 5.64. The molecule has 0 aliphatic rings. The highest BCUT2D eigenvalue weighted by atomic mass is 16.5. The molecule has 11 heavy (non-hydrogen) atoms. The second-order valence-corrected chi connectivity index (χ2v) is 2.14. The van der Waals surface area contributed by atoms with Crippen LogP contribution in [0.25, 0.3) is 11.0 Å². The summed E-state index contributed by atoms with van der Waals surface area (Å²) < 4.78 is 0.697. The highest BCUT2D eigenvalue weighted by Gasteiger charge is 2.01. The van der Waals surface area contributed by atoms with Gasteiger partial charge in [0.05, 0.1) is 22.9 Å². The van der Waals surface area contributed by atoms with Gasteiger partial charge in [0.15, 0.2) is 0 Å². The van der Waals surface area contributed by atoms with Crippen LogP contribution >= 0.6 is 0 Å². The van der Waals surface area contributed by atoms with E-state index in [1.807, 2.05) is 6.07 Å². The van der Waals surface area contributed by atoms with E-state index in [1.54, 1.807) is 18.3 Å². The van der Waals surface area contributed by atoms with Gasteiger partial charge in [-0.1, -0.05) is 0 Å². The highest BCUT2D eigenvalue weighted by Crippen LogP contribution is 2.01. The van der Waals surface area contributed by atoms with Crippen LogP contribution < -0.4 is 4.73 Å². The van der Waals surface area contributed by atoms with Gasteiger partial charge in [-0.25, -0.2) is 4.73 Å². The Morgan fingerprint density at radius 1 is 1.36 bits per heavy atom. The minimum absolute atomic E-state index is 0.356. The van der Waals surface area contributed by atoms with Crippen LogP contribution in [-0.2, 0) is 0 Å². The fourth-order valence-corrected chi connectivity index (χ4v) is 0.931. The maximum absolute atomic E-state index is 11.0. The van der Waals surface area contributed by atoms with Gasteiger partial charge in [-0.15, -0.1) is 0 Å². The van der Waals surface area contributed by atoms with E-state index in [9.17, 15) is 5.21 Å². The van der Waals surface area contributed by atoms with Crippen molar-refractivity contribution in [1.29, 1.82) is 0 Å². The summed E-state index contributed by atoms with van der Waals surface area (Å²) in [6, 6.07) is 5.24. The average Bonchev–Trinajstić information content (AvgIpc) is 2.06. The van der Waals surface area contributed by atoms with E-state index in [4.69, 9.17) is 0 Å². The maximum Gasteiger partial charge on any atom is 0.360 e. The molecule has 2 heterocycles. The first-order valence-corrected chi connectivity index (χ1v) is 3.17. The topological polar surface area (TPSA) is 52.7 Å². The van der Waals surface area contributed by atoms with Gasteiger partial charge in [0, 0.05) is 0 Å². The van der Waals surface area contributed by atoms with E-state index in [0.29, 0.717) is 10.4 Å². The Kier molecular flexibility index (Phi) is 1.18. The summed E-state index contributed by atoms with van der Waals surface area (Å²) in [5.74, 6) is 0. The molecule has 0 saturated heterocycles. The van der Waals surface area contributed by atoms with Crippen molar-refractivity contribution in [2.75, 3.05) is 0 Å². The van der Waals surface area contributed by atoms with Gasteiger partial charge in [-0.05, 0) is 23.3 Å². The van der Waals surface area contributed by atoms with Crippen molar-refractivity contribution < 1.29 is 4.73 Å². The van der Waals surface area contributed by atoms with Crippen LogP contribution in [0.2, 0.25) is 0 Å². The second-order valence-electron chi connectivity index (χ2n) is 2.14. The fraction of sp³-hybridized carbons (Fsp3) is 0. The molecule has 0 atom stereocenters. The molecule has 4 nitrogen and oxygen atoms in total. The summed E-state index contributed by atoms with van der Waals surface area (Å²) in [7, 11) is 0. The molecular formula is C7H5N3O. The molecule has 0 N–H and O–H groups in total. The van der Waals surface area contributed by atoms with Crippen LogP contribution in [0.3, 0.4) is 0 Å². The summed E-state index contributed by atoms with van der Waals surface area (Å²) in [6.45, 7) is 0. The quantitative estimate of drug-likeness (QED) is 0.397. The van der Waals surface area contributed by atoms with Crippen molar-refractivity contribution in [3.8, 4) is 0 Å². The van der Waals surface area contributed by atoms with E-state index in [-0.39, 0.29) is 0 Å². The third-order valence-corrected chi connectivity index (χ3v) is 1.44. The minimum Gasteiger partial charge on any atom is -0.710 e. The third kappa shape index (κ3) is 0.881. The lowest BCUT2D eigenvalue weighted by Crippen LogP contribution is -2.27. The Morgan fingerprint density at radius 2 is 2.27 bits per heavy atom. The molecule has 0 unspecified atom stereocenters. The van der Waals surface area contributed by atoms with Crippen molar-refractivity contribution in [3.05, 3.63) is 35.8 Å². The molecular weight excluding hydrogens is 142 g/mol. The van der Waals surface area contributed by atoms with Crippen molar-refractivity contribution in [2.24, 2.45) is 0 Å². The fourth-order valence-electron chi connectivity index (χ4n) is 0.931. The Balaban J connectivity index is 2.91. The lowest BCUT2D eigenvalue weighted by atomic mass is 10.3. The molecule has 0 aliphatic heterocycles. The van der Waals surface area contributed by atoms with Crippen molar-refractivity contribution in [2.45, 2.75) is 0 Å². The van der Waals surface area contributed by atoms with Crippen LogP contribution in [0.15, 0.2) is 30.6 Å². The monoisotopic (exact) mass is 147 g/mol. The Bertz CT molecular complexity index is 383. The van der Waals surface area contributed by atoms with Crippen molar-refractivity contribution in [3.63, 3.8) is 0 Å². The van der Waals surface area contributed by atoms with Gasteiger partial charge in [-0.2, -0.15) is 0 Å². The molecule has 2 aromatic heterocycles. The lowest BCUT2D eigenvalue weighted by molar-refractivity contribution is -0.579. The SMILES string of the molecule is [O-][n+]1cccc2ccnnc21. The van der Waals surface area contributed by atoms with E-state index in [0.717, 1.165) is 5.39 Å². The number of rotatable bonds is 0. The summed E-state index contributed by atoms with van der Waals surface area (Å²) in [4.78, 5) is 0. The van der Waals surface area contributed by atoms with Crippen LogP contribution in [0.5, 0.6) is 0 Å². The Morgan fingerprint density at radius 3 is 3.09 bits per heavy atom. The van der Waals surface area contributed by atoms with E-state index < -0.39 is 0 Å². The number of aromatic nitrogens is 3. The largest absolute Gasteiger partial charge is 0.710 e. The van der Waals surface area contributed by atoms with E-state index >= 15 is 0 Å². The van der Waals surface area contributed by atoms with Crippen LogP contribution in [0.4, 0.5) is 0 Å². The van der Waals surface area contributed by atoms with Gasteiger partial charge in [0.25, 0.3) is 0 Å². The average molecular weight is 147 g/mol. The Hall–Kier alpha value is -1.71. The van der Waals surface area contributed by atoms with Gasteiger partial charge in [0.2, 0.25) is 0 Å². The molecule has 54 valence electrons. The first-order chi connectivity index (χ1) is 5.38. The van der Waals surface area contributed by atoms with E-state index in [1.165, 1.54) is 6.20 Å². The number of fused-ring (bicyclic) bond motifs is 1. The lowest BCUT2D eigenvalue weighted by Gasteiger charge is -1.99. The predicted octanol–water partition coefficient (Wildman–Crippen LogP) is 0.263. The molecule has 0 fully saturated rings. The van der Waals surface area contributed by atoms with E-state index in [2.05, 4.69) is 10.2 Å². The van der Waals surface area contributed by atoms with Crippen LogP contribution in [0, 0.1) is 5.21 Å². The molecule has 2 aromatic rings. The third-order valence-electron chi connectivity index (χ3n) is 1.44. The number of hydrogen-bond donors (Lipinski definition) is 0. The molecule has 0 bridgehead atoms. The first kappa shape index (κ1) is 6.03. The van der Waals surface area contributed by atoms with Crippen LogP contribution in [-0.4, -0.2) is 10.2 Å². The zero-order valence-corrected chi connectivity index (χ0v) is 5.64. The molecule has 0 aromatic carbocycles. The normalized spacial score (nSPS) is 10.2.